The van der Waals surface area contributed by atoms with Gasteiger partial charge in [0.25, 0.3) is 11.8 Å². The zero-order valence-electron chi connectivity index (χ0n) is 19.0. The van der Waals surface area contributed by atoms with Crippen molar-refractivity contribution in [3.8, 4) is 0 Å². The summed E-state index contributed by atoms with van der Waals surface area (Å²) in [4.78, 5) is 35.7. The molecule has 1 N–H and O–H groups in total. The van der Waals surface area contributed by atoms with E-state index in [9.17, 15) is 14.0 Å². The van der Waals surface area contributed by atoms with Crippen molar-refractivity contribution in [2.45, 2.75) is 38.5 Å². The molecule has 0 aromatic carbocycles. The van der Waals surface area contributed by atoms with E-state index in [1.54, 1.807) is 30.6 Å². The van der Waals surface area contributed by atoms with Crippen LogP contribution in [0, 0.1) is 5.92 Å². The lowest BCUT2D eigenvalue weighted by molar-refractivity contribution is -0.125. The van der Waals surface area contributed by atoms with Crippen molar-refractivity contribution in [1.82, 2.24) is 19.6 Å². The largest absolute Gasteiger partial charge is 0.352 e. The van der Waals surface area contributed by atoms with Gasteiger partial charge in [0.15, 0.2) is 0 Å². The molecule has 2 aliphatic heterocycles. The van der Waals surface area contributed by atoms with E-state index < -0.39 is 0 Å². The predicted molar refractivity (Wildman–Crippen MR) is 128 cm³/mol. The summed E-state index contributed by atoms with van der Waals surface area (Å²) in [6.45, 7) is 2.10. The molecular weight excluding hydrogens is 433 g/mol. The lowest BCUT2D eigenvalue weighted by Gasteiger charge is -2.31. The van der Waals surface area contributed by atoms with Crippen molar-refractivity contribution in [3.63, 3.8) is 0 Å². The van der Waals surface area contributed by atoms with Crippen molar-refractivity contribution in [2.24, 2.45) is 10.9 Å². The molecule has 34 heavy (non-hydrogen) atoms. The Hall–Kier alpha value is -3.55. The van der Waals surface area contributed by atoms with E-state index in [0.29, 0.717) is 29.4 Å². The maximum atomic E-state index is 13.5. The number of nitrogens with zero attached hydrogens (tertiary/aromatic N) is 4. The molecule has 2 aromatic rings. The Morgan fingerprint density at radius 3 is 2.85 bits per heavy atom. The molecule has 7 nitrogen and oxygen atoms in total. The molecule has 0 radical (unpaired) electrons. The quantitative estimate of drug-likeness (QED) is 0.633. The summed E-state index contributed by atoms with van der Waals surface area (Å²) in [5, 5.41) is 2.99. The maximum absolute atomic E-state index is 13.5. The average Bonchev–Trinajstić information content (AvgIpc) is 3.49. The molecule has 3 aliphatic rings. The molecule has 8 heteroatoms. The van der Waals surface area contributed by atoms with Crippen molar-refractivity contribution < 1.29 is 14.0 Å². The molecule has 2 amide bonds. The highest BCUT2D eigenvalue weighted by molar-refractivity contribution is 6.44. The Balaban J connectivity index is 1.00. The Bertz CT molecular complexity index is 1230. The fourth-order valence-corrected chi connectivity index (χ4v) is 4.78. The lowest BCUT2D eigenvalue weighted by Crippen LogP contribution is -2.41. The number of carbonyl (C=O) groups excluding carboxylic acids is 2. The summed E-state index contributed by atoms with van der Waals surface area (Å²) in [7, 11) is 0. The smallest absolute Gasteiger partial charge is 0.272 e. The first-order chi connectivity index (χ1) is 16.6. The highest BCUT2D eigenvalue weighted by Gasteiger charge is 2.28. The first kappa shape index (κ1) is 22.3. The number of hydrogen-bond donors (Lipinski definition) is 1. The highest BCUT2D eigenvalue weighted by atomic mass is 19.1. The number of piperidine rings is 1. The van der Waals surface area contributed by atoms with Gasteiger partial charge in [-0.1, -0.05) is 12.8 Å². The number of aliphatic imine (C=N–C) groups is 1. The minimum Gasteiger partial charge on any atom is -0.352 e. The van der Waals surface area contributed by atoms with Gasteiger partial charge >= 0.3 is 0 Å². The molecule has 1 fully saturated rings. The van der Waals surface area contributed by atoms with Gasteiger partial charge in [0.05, 0.1) is 11.3 Å². The van der Waals surface area contributed by atoms with Crippen molar-refractivity contribution in [2.75, 3.05) is 19.6 Å². The third kappa shape index (κ3) is 4.85. The molecule has 0 saturated carbocycles. The van der Waals surface area contributed by atoms with Gasteiger partial charge < -0.3 is 14.6 Å². The number of imidazole rings is 1. The molecule has 0 atom stereocenters. The van der Waals surface area contributed by atoms with Crippen LogP contribution < -0.4 is 5.32 Å². The van der Waals surface area contributed by atoms with Crippen LogP contribution in [0.2, 0.25) is 0 Å². The summed E-state index contributed by atoms with van der Waals surface area (Å²) >= 11 is 0. The van der Waals surface area contributed by atoms with E-state index in [2.05, 4.69) is 15.3 Å². The summed E-state index contributed by atoms with van der Waals surface area (Å²) in [6, 6.07) is 3.63. The molecule has 1 saturated heterocycles. The molecule has 1 aliphatic carbocycles. The number of hydrogen-bond acceptors (Lipinski definition) is 4. The Morgan fingerprint density at radius 1 is 1.15 bits per heavy atom. The van der Waals surface area contributed by atoms with Crippen molar-refractivity contribution >= 4 is 23.2 Å². The van der Waals surface area contributed by atoms with E-state index >= 15 is 0 Å². The second kappa shape index (κ2) is 9.75. The fraction of sp³-hybridized carbons (Fsp3) is 0.385. The predicted octanol–water partition coefficient (Wildman–Crippen LogP) is 4.00. The van der Waals surface area contributed by atoms with Crippen LogP contribution in [0.5, 0.6) is 0 Å². The number of pyridine rings is 1. The SMILES string of the molecule is O=C(NCCCCC1CCN(C(=O)C2=NC3=CC=C(F)CC3=C2)CC1)c1ccc2nccn2c1. The Labute approximate surface area is 197 Å². The number of fused-ring (bicyclic) bond motifs is 2. The van der Waals surface area contributed by atoms with Gasteiger partial charge in [-0.05, 0) is 61.1 Å². The molecule has 0 spiro atoms. The molecule has 5 rings (SSSR count). The number of unbranched alkanes of at least 4 members (excludes halogenated alkanes) is 1. The van der Waals surface area contributed by atoms with Gasteiger partial charge in [-0.25, -0.2) is 14.4 Å². The van der Waals surface area contributed by atoms with Crippen molar-refractivity contribution in [1.29, 1.82) is 0 Å². The monoisotopic (exact) mass is 461 g/mol. The third-order valence-corrected chi connectivity index (χ3v) is 6.76. The number of carbonyl (C=O) groups is 2. The van der Waals surface area contributed by atoms with Crippen LogP contribution in [0.1, 0.15) is 48.9 Å². The van der Waals surface area contributed by atoms with Gasteiger partial charge in [0.1, 0.15) is 17.2 Å². The number of likely N-dealkylation sites (tertiary alicyclic amines) is 1. The van der Waals surface area contributed by atoms with Gasteiger partial charge in [0, 0.05) is 44.6 Å². The molecule has 176 valence electrons. The molecule has 2 aromatic heterocycles. The third-order valence-electron chi connectivity index (χ3n) is 6.76. The standard InChI is InChI=1S/C26H28FN5O2/c27-21-5-6-22-20(15-21)16-23(30-22)26(34)31-12-8-18(9-13-31)3-1-2-10-29-25(33)19-4-7-24-28-11-14-32(24)17-19/h4-7,11,14,16-18H,1-3,8-10,12-13,15H2,(H,29,33). The van der Waals surface area contributed by atoms with E-state index in [0.717, 1.165) is 56.4 Å². The number of nitrogens with one attached hydrogen (secondary N) is 1. The second-order valence-electron chi connectivity index (χ2n) is 9.11. The first-order valence-corrected chi connectivity index (χ1v) is 11.9. The van der Waals surface area contributed by atoms with E-state index in [-0.39, 0.29) is 24.1 Å². The second-order valence-corrected chi connectivity index (χ2v) is 9.11. The van der Waals surface area contributed by atoms with Crippen molar-refractivity contribution in [3.05, 3.63) is 71.6 Å². The highest BCUT2D eigenvalue weighted by Crippen LogP contribution is 2.31. The molecule has 0 bridgehead atoms. The van der Waals surface area contributed by atoms with Crippen LogP contribution in [-0.2, 0) is 4.79 Å². The number of aromatic nitrogens is 2. The van der Waals surface area contributed by atoms with Crippen LogP contribution in [0.3, 0.4) is 0 Å². The molecule has 4 heterocycles. The van der Waals surface area contributed by atoms with Crippen LogP contribution in [-0.4, -0.2) is 51.4 Å². The van der Waals surface area contributed by atoms with Gasteiger partial charge in [-0.15, -0.1) is 0 Å². The number of rotatable bonds is 7. The zero-order chi connectivity index (χ0) is 23.5. The van der Waals surface area contributed by atoms with E-state index in [1.165, 1.54) is 6.08 Å². The topological polar surface area (TPSA) is 79.1 Å². The Morgan fingerprint density at radius 2 is 2.00 bits per heavy atom. The van der Waals surface area contributed by atoms with Gasteiger partial charge in [-0.3, -0.25) is 9.59 Å². The first-order valence-electron chi connectivity index (χ1n) is 11.9. The lowest BCUT2D eigenvalue weighted by atomic mass is 9.91. The normalized spacial score (nSPS) is 18.2. The minimum absolute atomic E-state index is 0.0572. The number of halogens is 1. The summed E-state index contributed by atoms with van der Waals surface area (Å²) in [5.74, 6) is 0.269. The van der Waals surface area contributed by atoms with E-state index in [1.807, 2.05) is 21.6 Å². The number of allylic oxidation sites excluding steroid dienone is 4. The average molecular weight is 462 g/mol. The van der Waals surface area contributed by atoms with Gasteiger partial charge in [0.2, 0.25) is 0 Å². The molecular formula is C26H28FN5O2. The maximum Gasteiger partial charge on any atom is 0.272 e. The van der Waals surface area contributed by atoms with Crippen LogP contribution in [0.4, 0.5) is 4.39 Å². The van der Waals surface area contributed by atoms with Crippen LogP contribution >= 0.6 is 0 Å². The van der Waals surface area contributed by atoms with Crippen LogP contribution in [0.15, 0.2) is 71.0 Å². The fourth-order valence-electron chi connectivity index (χ4n) is 4.78. The van der Waals surface area contributed by atoms with Crippen LogP contribution in [0.25, 0.3) is 5.65 Å². The minimum atomic E-state index is -0.199. The molecule has 0 unspecified atom stereocenters. The van der Waals surface area contributed by atoms with E-state index in [4.69, 9.17) is 0 Å². The Kier molecular flexibility index (Phi) is 6.38. The zero-order valence-corrected chi connectivity index (χ0v) is 19.0. The van der Waals surface area contributed by atoms with Gasteiger partial charge in [-0.2, -0.15) is 0 Å². The summed E-state index contributed by atoms with van der Waals surface area (Å²) < 4.78 is 15.3. The summed E-state index contributed by atoms with van der Waals surface area (Å²) in [6.07, 6.45) is 15.4. The number of amides is 2. The summed E-state index contributed by atoms with van der Waals surface area (Å²) in [5.41, 5.74) is 3.36.